The number of para-hydroxylation sites is 2. The van der Waals surface area contributed by atoms with Crippen LogP contribution in [0.2, 0.25) is 0 Å². The molecule has 10 aromatic rings. The fraction of sp³-hybridized carbons (Fsp3) is 0.221. The highest BCUT2D eigenvalue weighted by molar-refractivity contribution is 6.10. The number of benzene rings is 8. The molecule has 5 heteroatoms. The lowest BCUT2D eigenvalue weighted by atomic mass is 9.80. The number of rotatable bonds is 12. The molecule has 1 aliphatic heterocycles. The summed E-state index contributed by atoms with van der Waals surface area (Å²) in [5.41, 5.74) is 10.3. The molecule has 3 heterocycles. The van der Waals surface area contributed by atoms with Gasteiger partial charge in [-0.2, -0.15) is 0 Å². The molecule has 0 N–H and O–H groups in total. The summed E-state index contributed by atoms with van der Waals surface area (Å²) in [5.74, 6) is 2.17. The number of anilines is 4. The number of aryl methyl sites for hydroxylation is 2. The van der Waals surface area contributed by atoms with Gasteiger partial charge in [0.1, 0.15) is 24.0 Å². The van der Waals surface area contributed by atoms with Crippen LogP contribution in [0.1, 0.15) is 104 Å². The zero-order chi connectivity index (χ0) is 59.1. The summed E-state index contributed by atoms with van der Waals surface area (Å²) in [4.78, 5) is 9.13. The van der Waals surface area contributed by atoms with E-state index in [2.05, 4.69) is 112 Å². The van der Waals surface area contributed by atoms with Gasteiger partial charge >= 0.3 is 0 Å². The van der Waals surface area contributed by atoms with Gasteiger partial charge in [0.2, 0.25) is 0 Å². The molecule has 0 fully saturated rings. The van der Waals surface area contributed by atoms with Crippen molar-refractivity contribution < 1.29 is 18.4 Å². The Morgan fingerprint density at radius 1 is 0.548 bits per heavy atom. The van der Waals surface area contributed by atoms with Crippen molar-refractivity contribution in [1.29, 1.82) is 0 Å². The fourth-order valence-electron chi connectivity index (χ4n) is 10.3. The summed E-state index contributed by atoms with van der Waals surface area (Å²) >= 11 is 0. The number of hydrogen-bond acceptors (Lipinski definition) is 4. The predicted molar refractivity (Wildman–Crippen MR) is 309 cm³/mol. The summed E-state index contributed by atoms with van der Waals surface area (Å²) in [6.45, 7) is 17.0. The van der Waals surface area contributed by atoms with Gasteiger partial charge in [0.05, 0.1) is 41.8 Å². The topological polar surface area (TPSA) is 33.5 Å². The first kappa shape index (κ1) is 36.9. The van der Waals surface area contributed by atoms with E-state index in [1.54, 1.807) is 0 Å². The van der Waals surface area contributed by atoms with Gasteiger partial charge < -0.3 is 14.5 Å². The average molecular weight is 965 g/mol. The second-order valence-corrected chi connectivity index (χ2v) is 21.2. The summed E-state index contributed by atoms with van der Waals surface area (Å²) in [6, 6.07) is 38.8. The minimum Gasteiger partial charge on any atom is -0.457 e. The van der Waals surface area contributed by atoms with Crippen LogP contribution < -0.4 is 14.5 Å². The molecule has 364 valence electrons. The minimum absolute atomic E-state index is 0.0332. The maximum Gasteiger partial charge on any atom is 0.137 e. The Balaban J connectivity index is 1.11. The minimum atomic E-state index is -0.531. The molecule has 0 unspecified atom stereocenters. The van der Waals surface area contributed by atoms with Crippen molar-refractivity contribution in [3.05, 3.63) is 216 Å². The summed E-state index contributed by atoms with van der Waals surface area (Å²) in [6.07, 6.45) is 5.54. The van der Waals surface area contributed by atoms with Crippen LogP contribution in [0.5, 0.6) is 11.5 Å². The third kappa shape index (κ3) is 9.18. The molecule has 2 aromatic heterocycles. The Morgan fingerprint density at radius 2 is 1.19 bits per heavy atom. The van der Waals surface area contributed by atoms with Gasteiger partial charge in [-0.05, 0) is 141 Å². The number of fused-ring (bicyclic) bond motifs is 4. The summed E-state index contributed by atoms with van der Waals surface area (Å²) in [7, 11) is 0. The van der Waals surface area contributed by atoms with Crippen molar-refractivity contribution in [2.75, 3.05) is 16.5 Å². The molecule has 1 aliphatic rings. The van der Waals surface area contributed by atoms with Crippen LogP contribution in [0.3, 0.4) is 0 Å². The Morgan fingerprint density at radius 3 is 1.88 bits per heavy atom. The first-order valence-corrected chi connectivity index (χ1v) is 25.4. The molecule has 0 aliphatic carbocycles. The van der Waals surface area contributed by atoms with E-state index >= 15 is 0 Å². The van der Waals surface area contributed by atoms with Gasteiger partial charge in [0.15, 0.2) is 0 Å². The van der Waals surface area contributed by atoms with Crippen molar-refractivity contribution in [3.8, 4) is 50.7 Å². The molecular formula is C68H66N4O. The average Bonchev–Trinajstić information content (AvgIpc) is 2.09. The van der Waals surface area contributed by atoms with Crippen LogP contribution in [0.25, 0.3) is 61.0 Å². The van der Waals surface area contributed by atoms with Gasteiger partial charge in [0, 0.05) is 45.9 Å². The number of ether oxygens (including phenoxy) is 1. The fourth-order valence-corrected chi connectivity index (χ4v) is 10.3. The van der Waals surface area contributed by atoms with Crippen molar-refractivity contribution in [2.45, 2.75) is 91.9 Å². The molecule has 0 bridgehead atoms. The molecule has 0 atom stereocenters. The molecule has 0 radical (unpaired) electrons. The van der Waals surface area contributed by atoms with E-state index in [0.717, 1.165) is 87.4 Å². The number of nitrogens with zero attached hydrogens (tertiary/aromatic N) is 4. The van der Waals surface area contributed by atoms with Gasteiger partial charge in [-0.15, -0.1) is 0 Å². The maximum atomic E-state index is 9.52. The Kier molecular flexibility index (Phi) is 9.75. The van der Waals surface area contributed by atoms with Crippen LogP contribution in [0.15, 0.2) is 194 Å². The van der Waals surface area contributed by atoms with Crippen molar-refractivity contribution >= 4 is 44.6 Å². The quantitative estimate of drug-likeness (QED) is 0.122. The van der Waals surface area contributed by atoms with Crippen LogP contribution in [0, 0.1) is 0 Å². The third-order valence-electron chi connectivity index (χ3n) is 14.0. The molecule has 0 saturated carbocycles. The molecule has 11 rings (SSSR count). The summed E-state index contributed by atoms with van der Waals surface area (Å²) < 4.78 is 99.0. The highest BCUT2D eigenvalue weighted by Crippen LogP contribution is 2.52. The van der Waals surface area contributed by atoms with Crippen molar-refractivity contribution in [3.63, 3.8) is 0 Å². The Labute approximate surface area is 446 Å². The van der Waals surface area contributed by atoms with Crippen molar-refractivity contribution in [1.82, 2.24) is 9.55 Å². The highest BCUT2D eigenvalue weighted by atomic mass is 16.5. The van der Waals surface area contributed by atoms with E-state index in [1.807, 2.05) is 91.1 Å². The molecule has 0 spiro atoms. The van der Waals surface area contributed by atoms with E-state index in [1.165, 1.54) is 10.9 Å². The monoisotopic (exact) mass is 965 g/mol. The molecule has 0 saturated heterocycles. The van der Waals surface area contributed by atoms with Gasteiger partial charge in [0.25, 0.3) is 0 Å². The van der Waals surface area contributed by atoms with E-state index < -0.39 is 47.1 Å². The van der Waals surface area contributed by atoms with E-state index in [9.17, 15) is 2.74 Å². The second kappa shape index (κ2) is 19.3. The van der Waals surface area contributed by atoms with E-state index in [4.69, 9.17) is 20.7 Å². The molecule has 5 nitrogen and oxygen atoms in total. The number of aromatic nitrogens is 2. The standard InChI is InChI=1S/C68H66N4O/c1-9-22-46-33-34-60-58(36-46)59-40-49(23-10-2)64(44-63(59)72(60)65-32-19-20-35-69-65)73-55-29-21-28-54(43-55)70-45-71(62-31-18-17-30-61(62)70)66-56(48-26-15-12-16-27-48)41-53(68(6,7)8)42-57(66)51-37-50(47-24-13-11-14-25-47)38-52(39-51)67(3,4)5/h11-21,24-44H,9-10,22-23,45H2,1-8H3/i11D,12D,13D,14D,15D,16D,24D,25D,26D,27D. The number of hydrogen-bond donors (Lipinski definition) is 0. The van der Waals surface area contributed by atoms with E-state index in [0.29, 0.717) is 33.7 Å². The molecule has 73 heavy (non-hydrogen) atoms. The summed E-state index contributed by atoms with van der Waals surface area (Å²) in [5, 5.41) is 2.30. The van der Waals surface area contributed by atoms with Crippen molar-refractivity contribution in [2.24, 2.45) is 0 Å². The number of pyridine rings is 1. The lowest BCUT2D eigenvalue weighted by Crippen LogP contribution is -2.25. The van der Waals surface area contributed by atoms with Crippen LogP contribution in [-0.2, 0) is 23.7 Å². The lowest BCUT2D eigenvalue weighted by Gasteiger charge is -2.31. The Bertz CT molecular complexity index is 4180. The van der Waals surface area contributed by atoms with E-state index in [-0.39, 0.29) is 42.0 Å². The maximum absolute atomic E-state index is 9.52. The van der Waals surface area contributed by atoms with Gasteiger partial charge in [-0.1, -0.05) is 171 Å². The molecular weight excluding hydrogens is 889 g/mol. The first-order chi connectivity index (χ1) is 39.5. The second-order valence-electron chi connectivity index (χ2n) is 21.2. The van der Waals surface area contributed by atoms with Crippen LogP contribution >= 0.6 is 0 Å². The highest BCUT2D eigenvalue weighted by Gasteiger charge is 2.33. The SMILES string of the molecule is [2H]c1c([2H])c([2H])c(-c2cc(-c3cc(C(C)(C)C)cc(-c4c([2H])c([2H])c([2H])c([2H])c4[2H])c3N3CN(c4cccc(Oc5cc6c(cc5CCC)c5cc(CCC)ccc5n6-c5ccccn5)c4)c4ccccc43)cc(C(C)(C)C)c2)c([2H])c1[2H]. The lowest BCUT2D eigenvalue weighted by molar-refractivity contribution is 0.476. The zero-order valence-electron chi connectivity index (χ0n) is 52.9. The smallest absolute Gasteiger partial charge is 0.137 e. The zero-order valence-corrected chi connectivity index (χ0v) is 42.9. The van der Waals surface area contributed by atoms with Crippen LogP contribution in [0.4, 0.5) is 22.7 Å². The molecule has 8 aromatic carbocycles. The first-order valence-electron chi connectivity index (χ1n) is 30.4. The van der Waals surface area contributed by atoms with Gasteiger partial charge in [-0.3, -0.25) is 4.57 Å². The normalized spacial score (nSPS) is 14.7. The van der Waals surface area contributed by atoms with Crippen LogP contribution in [-0.4, -0.2) is 16.2 Å². The Hall–Kier alpha value is -7.89. The predicted octanol–water partition coefficient (Wildman–Crippen LogP) is 18.7. The molecule has 0 amide bonds. The van der Waals surface area contributed by atoms with Gasteiger partial charge in [-0.25, -0.2) is 4.98 Å². The third-order valence-corrected chi connectivity index (χ3v) is 14.0. The largest absolute Gasteiger partial charge is 0.457 e.